The van der Waals surface area contributed by atoms with Crippen LogP contribution >= 0.6 is 0 Å². The molecule has 3 aliphatic rings. The highest BCUT2D eigenvalue weighted by molar-refractivity contribution is 7.84. The number of carbonyl (C=O) groups excluding carboxylic acids is 1. The molecule has 3 N–H and O–H groups in total. The molecular formula is C19H23N7O4S. The first-order valence-electron chi connectivity index (χ1n) is 10.2. The minimum atomic E-state index is -4.06. The average molecular weight is 446 g/mol. The largest absolute Gasteiger partial charge is 0.369 e. The highest BCUT2D eigenvalue weighted by Gasteiger charge is 2.75. The van der Waals surface area contributed by atoms with E-state index in [9.17, 15) is 13.2 Å². The van der Waals surface area contributed by atoms with Crippen LogP contribution in [0, 0.1) is 22.7 Å². The van der Waals surface area contributed by atoms with Gasteiger partial charge in [-0.1, -0.05) is 0 Å². The van der Waals surface area contributed by atoms with E-state index in [1.165, 1.54) is 10.6 Å². The monoisotopic (exact) mass is 445 g/mol. The van der Waals surface area contributed by atoms with Gasteiger partial charge in [0, 0.05) is 25.8 Å². The molecule has 0 bridgehead atoms. The number of anilines is 1. The van der Waals surface area contributed by atoms with Gasteiger partial charge in [0.05, 0.1) is 35.4 Å². The van der Waals surface area contributed by atoms with E-state index in [0.29, 0.717) is 38.0 Å². The molecule has 1 saturated heterocycles. The van der Waals surface area contributed by atoms with Gasteiger partial charge in [-0.15, -0.1) is 0 Å². The maximum Gasteiger partial charge on any atom is 0.339 e. The van der Waals surface area contributed by atoms with E-state index in [2.05, 4.69) is 19.9 Å². The second-order valence-corrected chi connectivity index (χ2v) is 10.0. The number of carbonyl (C=O) groups is 1. The predicted octanol–water partition coefficient (Wildman–Crippen LogP) is 0.279. The Hall–Kier alpha value is -2.75. The lowest BCUT2D eigenvalue weighted by Gasteiger charge is -2.42. The number of hydrogen-bond donors (Lipinski definition) is 2. The molecule has 1 aliphatic heterocycles. The van der Waals surface area contributed by atoms with Crippen molar-refractivity contribution >= 4 is 33.1 Å². The summed E-state index contributed by atoms with van der Waals surface area (Å²) in [4.78, 5) is 26.0. The molecule has 5 rings (SSSR count). The number of nitrogens with two attached hydrogens (primary N) is 1. The third-order valence-corrected chi connectivity index (χ3v) is 8.43. The predicted molar refractivity (Wildman–Crippen MR) is 110 cm³/mol. The Kier molecular flexibility index (Phi) is 4.47. The highest BCUT2D eigenvalue weighted by atomic mass is 32.2. The molecule has 1 spiro atoms. The zero-order valence-corrected chi connectivity index (χ0v) is 17.6. The van der Waals surface area contributed by atoms with Gasteiger partial charge in [0.2, 0.25) is 5.91 Å². The van der Waals surface area contributed by atoms with Crippen LogP contribution in [0.15, 0.2) is 18.6 Å². The Morgan fingerprint density at radius 1 is 1.39 bits per heavy atom. The Morgan fingerprint density at radius 3 is 2.90 bits per heavy atom. The lowest BCUT2D eigenvalue weighted by molar-refractivity contribution is -0.124. The number of aromatic nitrogens is 3. The summed E-state index contributed by atoms with van der Waals surface area (Å²) in [5.74, 6) is 0.185. The molecule has 2 saturated carbocycles. The highest BCUT2D eigenvalue weighted by Crippen LogP contribution is 2.68. The molecule has 3 heterocycles. The lowest BCUT2D eigenvalue weighted by Crippen LogP contribution is -2.59. The number of rotatable bonds is 7. The molecular weight excluding hydrogens is 422 g/mol. The van der Waals surface area contributed by atoms with Crippen molar-refractivity contribution in [1.29, 1.82) is 5.26 Å². The molecule has 0 aromatic carbocycles. The molecule has 2 unspecified atom stereocenters. The molecule has 2 aromatic rings. The van der Waals surface area contributed by atoms with Crippen LogP contribution in [0.5, 0.6) is 0 Å². The summed E-state index contributed by atoms with van der Waals surface area (Å²) < 4.78 is 32.6. The quantitative estimate of drug-likeness (QED) is 0.575. The number of fused-ring (bicyclic) bond motifs is 1. The number of H-pyrrole nitrogens is 1. The topological polar surface area (TPSA) is 158 Å². The van der Waals surface area contributed by atoms with Crippen molar-refractivity contribution in [3.63, 3.8) is 0 Å². The standard InChI is InChI=1S/C19H23N7O4S/c20-5-1-9-30-31(28,29)26-8-7-25(16-13-2-6-22-15(13)23-12-24-16)11-19(26)10-14(19)18(3-4-18)17(21)27/h2,6,12,14H,1,3-4,7-11H2,(H2,21,27)(H,22,23,24). The summed E-state index contributed by atoms with van der Waals surface area (Å²) in [6.07, 6.45) is 5.13. The van der Waals surface area contributed by atoms with Crippen LogP contribution in [0.2, 0.25) is 0 Å². The number of hydrogen-bond acceptors (Lipinski definition) is 8. The molecule has 1 amide bonds. The molecule has 2 aliphatic carbocycles. The molecule has 164 valence electrons. The van der Waals surface area contributed by atoms with Crippen molar-refractivity contribution in [2.75, 3.05) is 31.1 Å². The Labute approximate surface area is 179 Å². The number of nitriles is 1. The summed E-state index contributed by atoms with van der Waals surface area (Å²) in [6, 6.07) is 3.78. The first kappa shape index (κ1) is 20.2. The van der Waals surface area contributed by atoms with E-state index in [1.807, 2.05) is 12.1 Å². The van der Waals surface area contributed by atoms with Crippen LogP contribution in [-0.2, 0) is 19.3 Å². The van der Waals surface area contributed by atoms with E-state index in [1.54, 1.807) is 6.20 Å². The SMILES string of the molecule is N#CCCOS(=O)(=O)N1CCN(c2ncnc3[nH]ccc23)CC12CC2C1(C(N)=O)CC1. The number of nitrogens with zero attached hydrogens (tertiary/aromatic N) is 5. The van der Waals surface area contributed by atoms with Crippen molar-refractivity contribution in [3.05, 3.63) is 18.6 Å². The van der Waals surface area contributed by atoms with Gasteiger partial charge in [0.1, 0.15) is 17.8 Å². The van der Waals surface area contributed by atoms with Gasteiger partial charge in [-0.05, 0) is 31.2 Å². The van der Waals surface area contributed by atoms with Crippen molar-refractivity contribution < 1.29 is 17.4 Å². The summed E-state index contributed by atoms with van der Waals surface area (Å²) in [5, 5.41) is 9.58. The fourth-order valence-electron chi connectivity index (χ4n) is 5.16. The molecule has 12 heteroatoms. The number of piperazine rings is 1. The Morgan fingerprint density at radius 2 is 2.19 bits per heavy atom. The second kappa shape index (κ2) is 6.88. The first-order chi connectivity index (χ1) is 14.8. The summed E-state index contributed by atoms with van der Waals surface area (Å²) in [5.41, 5.74) is 4.97. The zero-order chi connectivity index (χ0) is 21.9. The van der Waals surface area contributed by atoms with E-state index in [4.69, 9.17) is 15.2 Å². The van der Waals surface area contributed by atoms with Crippen molar-refractivity contribution in [1.82, 2.24) is 19.3 Å². The normalized spacial score (nSPS) is 27.3. The van der Waals surface area contributed by atoms with E-state index >= 15 is 0 Å². The zero-order valence-electron chi connectivity index (χ0n) is 16.8. The van der Waals surface area contributed by atoms with Gasteiger partial charge in [0.25, 0.3) is 0 Å². The van der Waals surface area contributed by atoms with Crippen LogP contribution in [-0.4, -0.2) is 65.4 Å². The maximum atomic E-state index is 13.0. The third kappa shape index (κ3) is 3.07. The Bertz CT molecular complexity index is 1190. The molecule has 31 heavy (non-hydrogen) atoms. The summed E-state index contributed by atoms with van der Waals surface area (Å²) >= 11 is 0. The van der Waals surface area contributed by atoms with Crippen LogP contribution < -0.4 is 10.6 Å². The van der Waals surface area contributed by atoms with Crippen molar-refractivity contribution in [2.24, 2.45) is 17.1 Å². The van der Waals surface area contributed by atoms with Crippen LogP contribution in [0.1, 0.15) is 25.7 Å². The lowest BCUT2D eigenvalue weighted by atomic mass is 9.94. The summed E-state index contributed by atoms with van der Waals surface area (Å²) in [7, 11) is -4.06. The number of nitrogens with one attached hydrogen (secondary N) is 1. The van der Waals surface area contributed by atoms with Crippen molar-refractivity contribution in [3.8, 4) is 6.07 Å². The van der Waals surface area contributed by atoms with E-state index in [0.717, 1.165) is 11.2 Å². The van der Waals surface area contributed by atoms with Gasteiger partial charge in [-0.25, -0.2) is 9.97 Å². The molecule has 3 fully saturated rings. The smallest absolute Gasteiger partial charge is 0.339 e. The van der Waals surface area contributed by atoms with Gasteiger partial charge >= 0.3 is 10.3 Å². The van der Waals surface area contributed by atoms with Crippen molar-refractivity contribution in [2.45, 2.75) is 31.2 Å². The van der Waals surface area contributed by atoms with Crippen LogP contribution in [0.3, 0.4) is 0 Å². The van der Waals surface area contributed by atoms with Crippen LogP contribution in [0.25, 0.3) is 11.0 Å². The van der Waals surface area contributed by atoms with Gasteiger partial charge in [-0.2, -0.15) is 18.0 Å². The minimum Gasteiger partial charge on any atom is -0.369 e. The van der Waals surface area contributed by atoms with E-state index in [-0.39, 0.29) is 31.4 Å². The second-order valence-electron chi connectivity index (χ2n) is 8.50. The fourth-order valence-corrected chi connectivity index (χ4v) is 6.59. The minimum absolute atomic E-state index is 0.0206. The van der Waals surface area contributed by atoms with Gasteiger partial charge in [-0.3, -0.25) is 8.98 Å². The summed E-state index contributed by atoms with van der Waals surface area (Å²) in [6.45, 7) is 0.786. The fraction of sp³-hybridized carbons (Fsp3) is 0.579. The molecule has 11 nitrogen and oxygen atoms in total. The number of primary amides is 1. The van der Waals surface area contributed by atoms with E-state index < -0.39 is 21.3 Å². The maximum absolute atomic E-state index is 13.0. The first-order valence-corrected chi connectivity index (χ1v) is 11.6. The number of amides is 1. The van der Waals surface area contributed by atoms with Crippen LogP contribution in [0.4, 0.5) is 5.82 Å². The molecule has 2 atom stereocenters. The number of aromatic amines is 1. The molecule has 0 radical (unpaired) electrons. The van der Waals surface area contributed by atoms with Gasteiger partial charge < -0.3 is 15.6 Å². The Balaban J connectivity index is 1.49. The van der Waals surface area contributed by atoms with Gasteiger partial charge in [0.15, 0.2) is 0 Å². The average Bonchev–Trinajstić information content (AvgIpc) is 3.62. The third-order valence-electron chi connectivity index (χ3n) is 6.88. The molecule has 2 aromatic heterocycles.